The Morgan fingerprint density at radius 2 is 1.38 bits per heavy atom. The minimum Gasteiger partial charge on any atom is -0.488 e. The van der Waals surface area contributed by atoms with Crippen LogP contribution in [-0.2, 0) is 16.2 Å². The van der Waals surface area contributed by atoms with Gasteiger partial charge in [0.15, 0.2) is 5.11 Å². The Morgan fingerprint density at radius 1 is 0.812 bits per heavy atom. The van der Waals surface area contributed by atoms with E-state index in [9.17, 15) is 9.59 Å². The zero-order valence-corrected chi connectivity index (χ0v) is 18.9. The monoisotopic (exact) mass is 482 g/mol. The molecule has 1 heterocycles. The Balaban J connectivity index is 1.71. The van der Waals surface area contributed by atoms with Crippen LogP contribution in [0.25, 0.3) is 17.2 Å². The number of ether oxygens (including phenoxy) is 1. The third kappa shape index (κ3) is 5.16. The smallest absolute Gasteiger partial charge is 0.263 e. The first kappa shape index (κ1) is 22.0. The van der Waals surface area contributed by atoms with Gasteiger partial charge in [-0.25, -0.2) is 0 Å². The van der Waals surface area contributed by atoms with Crippen LogP contribution in [0.3, 0.4) is 0 Å². The maximum Gasteiger partial charge on any atom is 0.263 e. The van der Waals surface area contributed by atoms with E-state index in [-0.39, 0.29) is 17.3 Å². The predicted octanol–water partition coefficient (Wildman–Crippen LogP) is 5.15. The van der Waals surface area contributed by atoms with Crippen LogP contribution in [0.4, 0.5) is 0 Å². The molecule has 0 spiro atoms. The highest BCUT2D eigenvalue weighted by Gasteiger charge is 2.26. The third-order valence-corrected chi connectivity index (χ3v) is 5.45. The van der Waals surface area contributed by atoms with Crippen molar-refractivity contribution in [3.63, 3.8) is 0 Å². The number of hydrogen-bond acceptors (Lipinski definition) is 4. The lowest BCUT2D eigenvalue weighted by molar-refractivity contribution is -0.123. The molecule has 3 aromatic rings. The van der Waals surface area contributed by atoms with Crippen molar-refractivity contribution in [1.82, 2.24) is 10.6 Å². The normalized spacial score (nSPS) is 13.4. The maximum absolute atomic E-state index is 12.3. The highest BCUT2D eigenvalue weighted by molar-refractivity contribution is 7.80. The highest BCUT2D eigenvalue weighted by Crippen LogP contribution is 2.30. The van der Waals surface area contributed by atoms with Crippen molar-refractivity contribution < 1.29 is 14.3 Å². The highest BCUT2D eigenvalue weighted by atomic mass is 35.5. The number of halogens is 2. The number of carbonyl (C=O) groups excluding carboxylic acids is 2. The summed E-state index contributed by atoms with van der Waals surface area (Å²) < 4.78 is 6.01. The molecular weight excluding hydrogens is 467 g/mol. The first-order valence-electron chi connectivity index (χ1n) is 9.54. The second-order valence-corrected chi connectivity index (χ2v) is 8.25. The fourth-order valence-electron chi connectivity index (χ4n) is 3.12. The molecule has 32 heavy (non-hydrogen) atoms. The number of amides is 2. The van der Waals surface area contributed by atoms with E-state index in [2.05, 4.69) is 10.6 Å². The van der Waals surface area contributed by atoms with E-state index >= 15 is 0 Å². The van der Waals surface area contributed by atoms with Gasteiger partial charge in [-0.1, -0.05) is 53.5 Å². The van der Waals surface area contributed by atoms with Crippen LogP contribution >= 0.6 is 35.4 Å². The van der Waals surface area contributed by atoms with Gasteiger partial charge in [0.05, 0.1) is 0 Å². The molecule has 0 aromatic heterocycles. The number of rotatable bonds is 5. The van der Waals surface area contributed by atoms with E-state index in [0.29, 0.717) is 21.4 Å². The van der Waals surface area contributed by atoms with Crippen LogP contribution in [0, 0.1) is 0 Å². The minimum atomic E-state index is -0.570. The van der Waals surface area contributed by atoms with Gasteiger partial charge >= 0.3 is 0 Å². The summed E-state index contributed by atoms with van der Waals surface area (Å²) in [6, 6.07) is 20.2. The van der Waals surface area contributed by atoms with Crippen LogP contribution < -0.4 is 15.4 Å². The number of hydrogen-bond donors (Lipinski definition) is 2. The predicted molar refractivity (Wildman–Crippen MR) is 130 cm³/mol. The van der Waals surface area contributed by atoms with Crippen molar-refractivity contribution in [2.45, 2.75) is 6.61 Å². The molecule has 0 unspecified atom stereocenters. The van der Waals surface area contributed by atoms with Gasteiger partial charge in [-0.05, 0) is 71.4 Å². The molecule has 1 aliphatic heterocycles. The lowest BCUT2D eigenvalue weighted by Crippen LogP contribution is -2.51. The Hall–Kier alpha value is -3.19. The number of thiocarbonyl (C=S) groups is 1. The topological polar surface area (TPSA) is 67.4 Å². The molecular formula is C24H16Cl2N2O3S. The Labute approximate surface area is 200 Å². The van der Waals surface area contributed by atoms with E-state index in [4.69, 9.17) is 40.2 Å². The molecule has 4 rings (SSSR count). The SMILES string of the molecule is O=C1NC(=S)NC(=O)C1=Cc1cc(-c2ccc(Cl)cc2)ccc1OCc1ccc(Cl)cc1. The van der Waals surface area contributed by atoms with Crippen molar-refractivity contribution in [1.29, 1.82) is 0 Å². The van der Waals surface area contributed by atoms with Crippen molar-refractivity contribution in [3.8, 4) is 16.9 Å². The molecule has 8 heteroatoms. The standard InChI is InChI=1S/C24H16Cl2N2O3S/c25-18-6-1-14(2-7-18)13-31-21-10-5-16(15-3-8-19(26)9-4-15)11-17(21)12-20-22(29)27-24(32)28-23(20)30/h1-12H,13H2,(H2,27,28,29,30,32). The zero-order chi connectivity index (χ0) is 22.7. The van der Waals surface area contributed by atoms with E-state index in [1.54, 1.807) is 30.3 Å². The summed E-state index contributed by atoms with van der Waals surface area (Å²) in [6.45, 7) is 0.288. The van der Waals surface area contributed by atoms with E-state index < -0.39 is 11.8 Å². The summed E-state index contributed by atoms with van der Waals surface area (Å²) in [7, 11) is 0. The molecule has 2 N–H and O–H groups in total. The Kier molecular flexibility index (Phi) is 6.55. The van der Waals surface area contributed by atoms with Crippen LogP contribution in [0.1, 0.15) is 11.1 Å². The average molecular weight is 483 g/mol. The van der Waals surface area contributed by atoms with Gasteiger partial charge in [-0.2, -0.15) is 0 Å². The average Bonchev–Trinajstić information content (AvgIpc) is 2.77. The zero-order valence-electron chi connectivity index (χ0n) is 16.5. The number of carbonyl (C=O) groups is 2. The fourth-order valence-corrected chi connectivity index (χ4v) is 3.56. The summed E-state index contributed by atoms with van der Waals surface area (Å²) in [6.07, 6.45) is 1.49. The van der Waals surface area contributed by atoms with Crippen LogP contribution in [0.5, 0.6) is 5.75 Å². The van der Waals surface area contributed by atoms with Gasteiger partial charge in [0.2, 0.25) is 0 Å². The van der Waals surface area contributed by atoms with Crippen molar-refractivity contribution in [2.75, 3.05) is 0 Å². The largest absolute Gasteiger partial charge is 0.488 e. The van der Waals surface area contributed by atoms with E-state index in [0.717, 1.165) is 16.7 Å². The lowest BCUT2D eigenvalue weighted by Gasteiger charge is -2.17. The minimum absolute atomic E-state index is 0.0220. The van der Waals surface area contributed by atoms with E-state index in [1.807, 2.05) is 36.4 Å². The second-order valence-electron chi connectivity index (χ2n) is 6.97. The molecule has 0 bridgehead atoms. The Bertz CT molecular complexity index is 1220. The second kappa shape index (κ2) is 9.53. The van der Waals surface area contributed by atoms with Gasteiger partial charge in [0, 0.05) is 15.6 Å². The summed E-state index contributed by atoms with van der Waals surface area (Å²) in [5, 5.41) is 6.12. The van der Waals surface area contributed by atoms with Gasteiger partial charge < -0.3 is 4.74 Å². The molecule has 0 radical (unpaired) electrons. The van der Waals surface area contributed by atoms with Crippen molar-refractivity contribution in [2.24, 2.45) is 0 Å². The molecule has 0 aliphatic carbocycles. The summed E-state index contributed by atoms with van der Waals surface area (Å²) in [5.41, 5.74) is 3.23. The molecule has 1 saturated heterocycles. The van der Waals surface area contributed by atoms with Gasteiger partial charge in [0.25, 0.3) is 11.8 Å². The first-order valence-corrected chi connectivity index (χ1v) is 10.7. The first-order chi connectivity index (χ1) is 15.4. The lowest BCUT2D eigenvalue weighted by atomic mass is 10.0. The number of nitrogens with one attached hydrogen (secondary N) is 2. The molecule has 0 atom stereocenters. The van der Waals surface area contributed by atoms with Gasteiger partial charge in [-0.3, -0.25) is 20.2 Å². The quantitative estimate of drug-likeness (QED) is 0.299. The molecule has 2 amide bonds. The molecule has 1 aliphatic rings. The summed E-state index contributed by atoms with van der Waals surface area (Å²) in [4.78, 5) is 24.7. The van der Waals surface area contributed by atoms with Crippen LogP contribution in [0.15, 0.2) is 72.3 Å². The summed E-state index contributed by atoms with van der Waals surface area (Å²) >= 11 is 16.8. The molecule has 5 nitrogen and oxygen atoms in total. The van der Waals surface area contributed by atoms with E-state index in [1.165, 1.54) is 6.08 Å². The van der Waals surface area contributed by atoms with Crippen LogP contribution in [-0.4, -0.2) is 16.9 Å². The maximum atomic E-state index is 12.3. The van der Waals surface area contributed by atoms with Crippen molar-refractivity contribution >= 4 is 58.4 Å². The third-order valence-electron chi connectivity index (χ3n) is 4.74. The molecule has 1 fully saturated rings. The fraction of sp³-hybridized carbons (Fsp3) is 0.0417. The van der Waals surface area contributed by atoms with Crippen LogP contribution in [0.2, 0.25) is 10.0 Å². The summed E-state index contributed by atoms with van der Waals surface area (Å²) in [5.74, 6) is -0.627. The number of benzene rings is 3. The molecule has 0 saturated carbocycles. The molecule has 160 valence electrons. The molecule has 3 aromatic carbocycles. The van der Waals surface area contributed by atoms with Crippen molar-refractivity contribution in [3.05, 3.63) is 93.5 Å². The Morgan fingerprint density at radius 3 is 2.00 bits per heavy atom. The van der Waals surface area contributed by atoms with Gasteiger partial charge in [0.1, 0.15) is 17.9 Å². The van der Waals surface area contributed by atoms with Gasteiger partial charge in [-0.15, -0.1) is 0 Å².